The molecule has 1 rings (SSSR count). The first-order valence-electron chi connectivity index (χ1n) is 5.16. The Morgan fingerprint density at radius 3 is 2.35 bits per heavy atom. The monoisotopic (exact) mass is 293 g/mol. The molecule has 1 aromatic rings. The molecule has 0 saturated heterocycles. The van der Waals surface area contributed by atoms with Crippen molar-refractivity contribution >= 4 is 33.6 Å². The van der Waals surface area contributed by atoms with Crippen LogP contribution in [0.15, 0.2) is 29.2 Å². The highest BCUT2D eigenvalue weighted by Crippen LogP contribution is 2.24. The fraction of sp³-hybridized carbons (Fsp3) is 0.455. The van der Waals surface area contributed by atoms with Gasteiger partial charge in [0.05, 0.1) is 4.90 Å². The Hall–Kier alpha value is -0.230. The molecule has 0 amide bonds. The van der Waals surface area contributed by atoms with Gasteiger partial charge in [-0.05, 0) is 19.1 Å². The van der Waals surface area contributed by atoms with Crippen molar-refractivity contribution in [2.45, 2.75) is 24.0 Å². The zero-order valence-electron chi connectivity index (χ0n) is 10.1. The molecule has 0 radical (unpaired) electrons. The molecule has 0 aliphatic heterocycles. The van der Waals surface area contributed by atoms with Crippen molar-refractivity contribution < 1.29 is 8.42 Å². The second kappa shape index (κ2) is 6.09. The highest BCUT2D eigenvalue weighted by molar-refractivity contribution is 8.08. The Labute approximate surface area is 112 Å². The van der Waals surface area contributed by atoms with Crippen LogP contribution >= 0.6 is 23.5 Å². The van der Waals surface area contributed by atoms with Crippen LogP contribution in [0.1, 0.15) is 12.5 Å². The molecule has 0 fully saturated rings. The van der Waals surface area contributed by atoms with Gasteiger partial charge in [0.25, 0.3) is 10.0 Å². The predicted molar refractivity (Wildman–Crippen MR) is 73.9 cm³/mol. The van der Waals surface area contributed by atoms with E-state index in [4.69, 9.17) is 11.6 Å². The third-order valence-electron chi connectivity index (χ3n) is 2.20. The van der Waals surface area contributed by atoms with Crippen LogP contribution in [0.25, 0.3) is 0 Å². The summed E-state index contributed by atoms with van der Waals surface area (Å²) in [6.07, 6.45) is 0. The van der Waals surface area contributed by atoms with E-state index in [0.717, 1.165) is 5.56 Å². The van der Waals surface area contributed by atoms with Gasteiger partial charge in [-0.2, -0.15) is 0 Å². The molecule has 0 aromatic heterocycles. The van der Waals surface area contributed by atoms with Crippen LogP contribution in [0.4, 0.5) is 0 Å². The van der Waals surface area contributed by atoms with Gasteiger partial charge in [0.1, 0.15) is 0 Å². The summed E-state index contributed by atoms with van der Waals surface area (Å²) in [6, 6.07) is 6.81. The SMILES string of the molecule is Cc1ccc(S(=O)(=O)N(C)SC(C)CCl)cc1. The zero-order chi connectivity index (χ0) is 13.1. The fourth-order valence-corrected chi connectivity index (χ4v) is 3.86. The third kappa shape index (κ3) is 3.88. The number of nitrogens with zero attached hydrogens (tertiary/aromatic N) is 1. The lowest BCUT2D eigenvalue weighted by atomic mass is 10.2. The van der Waals surface area contributed by atoms with Crippen LogP contribution < -0.4 is 0 Å². The van der Waals surface area contributed by atoms with Crippen molar-refractivity contribution in [3.05, 3.63) is 29.8 Å². The number of halogens is 1. The maximum atomic E-state index is 12.2. The molecule has 0 aliphatic carbocycles. The first-order valence-corrected chi connectivity index (χ1v) is 7.97. The van der Waals surface area contributed by atoms with Gasteiger partial charge in [0, 0.05) is 18.2 Å². The minimum Gasteiger partial charge on any atom is -0.206 e. The van der Waals surface area contributed by atoms with Crippen molar-refractivity contribution in [1.29, 1.82) is 0 Å². The van der Waals surface area contributed by atoms with Crippen LogP contribution in [0.3, 0.4) is 0 Å². The van der Waals surface area contributed by atoms with Gasteiger partial charge in [0.2, 0.25) is 0 Å². The van der Waals surface area contributed by atoms with Gasteiger partial charge in [-0.15, -0.1) is 15.3 Å². The van der Waals surface area contributed by atoms with Gasteiger partial charge >= 0.3 is 0 Å². The Balaban J connectivity index is 2.91. The number of sulfonamides is 1. The molecule has 17 heavy (non-hydrogen) atoms. The van der Waals surface area contributed by atoms with Gasteiger partial charge in [-0.1, -0.05) is 36.6 Å². The summed E-state index contributed by atoms with van der Waals surface area (Å²) in [5.41, 5.74) is 1.04. The van der Waals surface area contributed by atoms with Crippen LogP contribution in [-0.4, -0.2) is 30.3 Å². The van der Waals surface area contributed by atoms with Crippen molar-refractivity contribution in [1.82, 2.24) is 3.71 Å². The van der Waals surface area contributed by atoms with Crippen LogP contribution in [-0.2, 0) is 10.0 Å². The smallest absolute Gasteiger partial charge is 0.206 e. The largest absolute Gasteiger partial charge is 0.252 e. The predicted octanol–water partition coefficient (Wildman–Crippen LogP) is 2.89. The molecule has 1 atom stereocenters. The summed E-state index contributed by atoms with van der Waals surface area (Å²) in [5.74, 6) is 0.415. The molecule has 3 nitrogen and oxygen atoms in total. The van der Waals surface area contributed by atoms with Crippen molar-refractivity contribution in [2.24, 2.45) is 0 Å². The Kier molecular flexibility index (Phi) is 5.31. The Bertz CT molecular complexity index is 459. The van der Waals surface area contributed by atoms with Crippen LogP contribution in [0, 0.1) is 6.92 Å². The number of aryl methyl sites for hydroxylation is 1. The fourth-order valence-electron chi connectivity index (χ4n) is 1.20. The number of rotatable bonds is 5. The lowest BCUT2D eigenvalue weighted by Gasteiger charge is -2.18. The molecule has 0 heterocycles. The van der Waals surface area contributed by atoms with Gasteiger partial charge in [-0.3, -0.25) is 0 Å². The van der Waals surface area contributed by atoms with E-state index in [1.807, 2.05) is 13.8 Å². The average molecular weight is 294 g/mol. The highest BCUT2D eigenvalue weighted by Gasteiger charge is 2.22. The molecule has 0 bridgehead atoms. The normalized spacial score (nSPS) is 13.9. The summed E-state index contributed by atoms with van der Waals surface area (Å²) in [4.78, 5) is 0.305. The lowest BCUT2D eigenvalue weighted by molar-refractivity contribution is 0.564. The number of hydrogen-bond donors (Lipinski definition) is 0. The molecule has 6 heteroatoms. The summed E-state index contributed by atoms with van der Waals surface area (Å²) in [7, 11) is -1.88. The van der Waals surface area contributed by atoms with Crippen molar-refractivity contribution in [3.8, 4) is 0 Å². The summed E-state index contributed by atoms with van der Waals surface area (Å²) < 4.78 is 25.6. The molecule has 96 valence electrons. The molecule has 0 saturated carbocycles. The number of hydrogen-bond acceptors (Lipinski definition) is 3. The molecule has 0 N–H and O–H groups in total. The first kappa shape index (κ1) is 14.8. The van der Waals surface area contributed by atoms with E-state index >= 15 is 0 Å². The van der Waals surface area contributed by atoms with E-state index < -0.39 is 10.0 Å². The minimum atomic E-state index is -3.42. The van der Waals surface area contributed by atoms with E-state index in [0.29, 0.717) is 10.8 Å². The Morgan fingerprint density at radius 2 is 1.88 bits per heavy atom. The van der Waals surface area contributed by atoms with Crippen molar-refractivity contribution in [3.63, 3.8) is 0 Å². The molecule has 1 aromatic carbocycles. The zero-order valence-corrected chi connectivity index (χ0v) is 12.4. The van der Waals surface area contributed by atoms with Crippen molar-refractivity contribution in [2.75, 3.05) is 12.9 Å². The third-order valence-corrected chi connectivity index (χ3v) is 6.06. The maximum Gasteiger partial charge on any atom is 0.252 e. The summed E-state index contributed by atoms with van der Waals surface area (Å²) >= 11 is 6.89. The number of benzene rings is 1. The molecule has 0 aliphatic rings. The quantitative estimate of drug-likeness (QED) is 0.619. The molecular weight excluding hydrogens is 278 g/mol. The second-order valence-corrected chi connectivity index (χ2v) is 7.87. The van der Waals surface area contributed by atoms with Crippen LogP contribution in [0.2, 0.25) is 0 Å². The minimum absolute atomic E-state index is 0.0573. The van der Waals surface area contributed by atoms with Gasteiger partial charge < -0.3 is 0 Å². The van der Waals surface area contributed by atoms with E-state index in [1.54, 1.807) is 31.3 Å². The Morgan fingerprint density at radius 1 is 1.35 bits per heavy atom. The first-order chi connectivity index (χ1) is 7.87. The van der Waals surface area contributed by atoms with E-state index in [1.165, 1.54) is 15.7 Å². The highest BCUT2D eigenvalue weighted by atomic mass is 35.5. The number of alkyl halides is 1. The average Bonchev–Trinajstić information content (AvgIpc) is 2.29. The lowest BCUT2D eigenvalue weighted by Crippen LogP contribution is -2.23. The van der Waals surface area contributed by atoms with E-state index in [-0.39, 0.29) is 5.25 Å². The topological polar surface area (TPSA) is 37.4 Å². The standard InChI is InChI=1S/C11H16ClNO2S2/c1-9-4-6-11(7-5-9)17(14,15)13(3)16-10(2)8-12/h4-7,10H,8H2,1-3H3. The molecule has 0 spiro atoms. The van der Waals surface area contributed by atoms with Crippen LogP contribution in [0.5, 0.6) is 0 Å². The van der Waals surface area contributed by atoms with E-state index in [9.17, 15) is 8.42 Å². The second-order valence-electron chi connectivity index (χ2n) is 3.80. The van der Waals surface area contributed by atoms with Gasteiger partial charge in [0.15, 0.2) is 0 Å². The summed E-state index contributed by atoms with van der Waals surface area (Å²) in [5, 5.41) is 0.0573. The summed E-state index contributed by atoms with van der Waals surface area (Å²) in [6.45, 7) is 3.81. The molecular formula is C11H16ClNO2S2. The van der Waals surface area contributed by atoms with Gasteiger partial charge in [-0.25, -0.2) is 8.42 Å². The maximum absolute atomic E-state index is 12.2. The van der Waals surface area contributed by atoms with E-state index in [2.05, 4.69) is 0 Å². The molecule has 1 unspecified atom stereocenters.